The number of rotatable bonds is 2. The van der Waals surface area contributed by atoms with Gasteiger partial charge >= 0.3 is 0 Å². The van der Waals surface area contributed by atoms with Crippen LogP contribution < -0.4 is 5.32 Å². The molecule has 1 aromatic rings. The molecule has 2 aliphatic rings. The molecule has 19 heavy (non-hydrogen) atoms. The molecule has 4 heteroatoms. The third-order valence-corrected chi connectivity index (χ3v) is 4.73. The molecule has 1 N–H and O–H groups in total. The molecule has 1 saturated heterocycles. The Hall–Kier alpha value is -0.0900. The molecule has 0 bridgehead atoms. The Balaban J connectivity index is 0.00000133. The first-order valence-electron chi connectivity index (χ1n) is 7.01. The largest absolute Gasteiger partial charge is 0.317 e. The summed E-state index contributed by atoms with van der Waals surface area (Å²) >= 11 is 3.56. The minimum absolute atomic E-state index is 0. The summed E-state index contributed by atoms with van der Waals surface area (Å²) in [6, 6.07) is 6.75. The van der Waals surface area contributed by atoms with Gasteiger partial charge in [0.25, 0.3) is 0 Å². The van der Waals surface area contributed by atoms with Gasteiger partial charge in [-0.3, -0.25) is 4.90 Å². The molecule has 0 aliphatic carbocycles. The summed E-state index contributed by atoms with van der Waals surface area (Å²) in [6.45, 7) is 6.08. The van der Waals surface area contributed by atoms with Crippen molar-refractivity contribution < 1.29 is 0 Å². The molecule has 3 rings (SSSR count). The van der Waals surface area contributed by atoms with Crippen molar-refractivity contribution in [3.63, 3.8) is 0 Å². The molecular weight excluding hydrogens is 324 g/mol. The van der Waals surface area contributed by atoms with Crippen molar-refractivity contribution in [1.82, 2.24) is 10.2 Å². The van der Waals surface area contributed by atoms with E-state index in [-0.39, 0.29) is 12.4 Å². The van der Waals surface area contributed by atoms with Crippen LogP contribution in [0.1, 0.15) is 24.0 Å². The number of piperidine rings is 1. The highest BCUT2D eigenvalue weighted by Crippen LogP contribution is 2.24. The molecule has 0 unspecified atom stereocenters. The van der Waals surface area contributed by atoms with Gasteiger partial charge in [0.2, 0.25) is 0 Å². The fourth-order valence-electron chi connectivity index (χ4n) is 3.17. The van der Waals surface area contributed by atoms with E-state index >= 15 is 0 Å². The van der Waals surface area contributed by atoms with Crippen LogP contribution in [0.2, 0.25) is 0 Å². The van der Waals surface area contributed by atoms with E-state index < -0.39 is 0 Å². The Bertz CT molecular complexity index is 419. The van der Waals surface area contributed by atoms with E-state index in [1.54, 1.807) is 0 Å². The highest BCUT2D eigenvalue weighted by Gasteiger charge is 2.20. The second kappa shape index (κ2) is 7.07. The molecule has 0 radical (unpaired) electrons. The summed E-state index contributed by atoms with van der Waals surface area (Å²) in [6.07, 6.45) is 3.91. The molecule has 0 aromatic heterocycles. The summed E-state index contributed by atoms with van der Waals surface area (Å²) in [5.74, 6) is 0.906. The predicted octanol–water partition coefficient (Wildman–Crippen LogP) is 3.23. The molecule has 106 valence electrons. The maximum absolute atomic E-state index is 3.56. The van der Waals surface area contributed by atoms with Crippen LogP contribution in [-0.4, -0.2) is 31.1 Å². The van der Waals surface area contributed by atoms with Crippen molar-refractivity contribution >= 4 is 28.3 Å². The highest BCUT2D eigenvalue weighted by molar-refractivity contribution is 9.10. The standard InChI is InChI=1S/C15H21BrN2.ClH/c16-15-2-1-14-11-18(8-5-13(14)9-15)10-12-3-6-17-7-4-12;/h1-2,9,12,17H,3-8,10-11H2;1H. The zero-order valence-corrected chi connectivity index (χ0v) is 13.6. The van der Waals surface area contributed by atoms with Crippen LogP contribution in [0.25, 0.3) is 0 Å². The highest BCUT2D eigenvalue weighted by atomic mass is 79.9. The fraction of sp³-hybridized carbons (Fsp3) is 0.600. The smallest absolute Gasteiger partial charge is 0.0236 e. The average Bonchev–Trinajstić information content (AvgIpc) is 2.40. The molecule has 2 nitrogen and oxygen atoms in total. The van der Waals surface area contributed by atoms with Gasteiger partial charge in [-0.1, -0.05) is 22.0 Å². The first-order chi connectivity index (χ1) is 8.81. The van der Waals surface area contributed by atoms with Gasteiger partial charge in [-0.25, -0.2) is 0 Å². The second-order valence-electron chi connectivity index (χ2n) is 5.59. The van der Waals surface area contributed by atoms with Crippen LogP contribution >= 0.6 is 28.3 Å². The number of fused-ring (bicyclic) bond motifs is 1. The lowest BCUT2D eigenvalue weighted by Crippen LogP contribution is -2.38. The SMILES string of the molecule is Brc1ccc2c(c1)CCN(CC1CCNCC1)C2.Cl. The topological polar surface area (TPSA) is 15.3 Å². The van der Waals surface area contributed by atoms with Gasteiger partial charge in [-0.2, -0.15) is 0 Å². The molecular formula is C15H22BrClN2. The van der Waals surface area contributed by atoms with Crippen LogP contribution in [-0.2, 0) is 13.0 Å². The lowest BCUT2D eigenvalue weighted by Gasteiger charge is -2.33. The van der Waals surface area contributed by atoms with E-state index in [1.807, 2.05) is 0 Å². The lowest BCUT2D eigenvalue weighted by atomic mass is 9.95. The van der Waals surface area contributed by atoms with Crippen molar-refractivity contribution in [3.05, 3.63) is 33.8 Å². The first kappa shape index (κ1) is 15.3. The third-order valence-electron chi connectivity index (χ3n) is 4.23. The minimum atomic E-state index is 0. The first-order valence-corrected chi connectivity index (χ1v) is 7.81. The molecule has 0 spiro atoms. The van der Waals surface area contributed by atoms with Gasteiger partial charge in [-0.05, 0) is 61.5 Å². The van der Waals surface area contributed by atoms with E-state index in [9.17, 15) is 0 Å². The summed E-state index contributed by atoms with van der Waals surface area (Å²) in [5.41, 5.74) is 3.06. The Morgan fingerprint density at radius 2 is 2.00 bits per heavy atom. The number of hydrogen-bond donors (Lipinski definition) is 1. The van der Waals surface area contributed by atoms with E-state index in [4.69, 9.17) is 0 Å². The Morgan fingerprint density at radius 3 is 2.79 bits per heavy atom. The summed E-state index contributed by atoms with van der Waals surface area (Å²) < 4.78 is 1.22. The molecule has 0 amide bonds. The number of nitrogens with one attached hydrogen (secondary N) is 1. The molecule has 2 heterocycles. The molecule has 0 atom stereocenters. The molecule has 1 fully saturated rings. The summed E-state index contributed by atoms with van der Waals surface area (Å²) in [4.78, 5) is 2.65. The van der Waals surface area contributed by atoms with E-state index in [2.05, 4.69) is 44.3 Å². The quantitative estimate of drug-likeness (QED) is 0.885. The van der Waals surface area contributed by atoms with E-state index in [1.165, 1.54) is 61.0 Å². The average molecular weight is 346 g/mol. The van der Waals surface area contributed by atoms with E-state index in [0.29, 0.717) is 0 Å². The predicted molar refractivity (Wildman–Crippen MR) is 86.0 cm³/mol. The van der Waals surface area contributed by atoms with Crippen molar-refractivity contribution in [3.8, 4) is 0 Å². The van der Waals surface area contributed by atoms with E-state index in [0.717, 1.165) is 12.5 Å². The third kappa shape index (κ3) is 3.94. The van der Waals surface area contributed by atoms with Gasteiger partial charge in [0.05, 0.1) is 0 Å². The Kier molecular flexibility index (Phi) is 5.70. The zero-order valence-electron chi connectivity index (χ0n) is 11.2. The lowest BCUT2D eigenvalue weighted by molar-refractivity contribution is 0.191. The van der Waals surface area contributed by atoms with Gasteiger partial charge in [-0.15, -0.1) is 12.4 Å². The summed E-state index contributed by atoms with van der Waals surface area (Å²) in [5, 5.41) is 3.45. The number of hydrogen-bond acceptors (Lipinski definition) is 2. The molecule has 2 aliphatic heterocycles. The number of halogens is 2. The maximum Gasteiger partial charge on any atom is 0.0236 e. The van der Waals surface area contributed by atoms with Crippen molar-refractivity contribution in [2.24, 2.45) is 5.92 Å². The van der Waals surface area contributed by atoms with Crippen molar-refractivity contribution in [1.29, 1.82) is 0 Å². The van der Waals surface area contributed by atoms with Gasteiger partial charge < -0.3 is 5.32 Å². The van der Waals surface area contributed by atoms with Crippen LogP contribution in [0.15, 0.2) is 22.7 Å². The Morgan fingerprint density at radius 1 is 1.21 bits per heavy atom. The monoisotopic (exact) mass is 344 g/mol. The second-order valence-corrected chi connectivity index (χ2v) is 6.51. The number of nitrogens with zero attached hydrogens (tertiary/aromatic N) is 1. The molecule has 1 aromatic carbocycles. The van der Waals surface area contributed by atoms with Crippen molar-refractivity contribution in [2.75, 3.05) is 26.2 Å². The van der Waals surface area contributed by atoms with Crippen LogP contribution in [0, 0.1) is 5.92 Å². The normalized spacial score (nSPS) is 20.7. The summed E-state index contributed by atoms with van der Waals surface area (Å²) in [7, 11) is 0. The Labute approximate surface area is 130 Å². The van der Waals surface area contributed by atoms with Crippen LogP contribution in [0.4, 0.5) is 0 Å². The van der Waals surface area contributed by atoms with Crippen molar-refractivity contribution in [2.45, 2.75) is 25.8 Å². The zero-order chi connectivity index (χ0) is 12.4. The van der Waals surface area contributed by atoms with Gasteiger partial charge in [0.15, 0.2) is 0 Å². The van der Waals surface area contributed by atoms with Crippen LogP contribution in [0.3, 0.4) is 0 Å². The minimum Gasteiger partial charge on any atom is -0.317 e. The maximum atomic E-state index is 3.56. The number of benzene rings is 1. The van der Waals surface area contributed by atoms with Gasteiger partial charge in [0, 0.05) is 24.1 Å². The van der Waals surface area contributed by atoms with Gasteiger partial charge in [0.1, 0.15) is 0 Å². The van der Waals surface area contributed by atoms with Crippen LogP contribution in [0.5, 0.6) is 0 Å². The molecule has 0 saturated carbocycles. The fourth-order valence-corrected chi connectivity index (χ4v) is 3.57.